The third kappa shape index (κ3) is 3.47. The molecule has 1 aromatic carbocycles. The average molecular weight is 336 g/mol. The lowest BCUT2D eigenvalue weighted by Crippen LogP contribution is -2.22. The van der Waals surface area contributed by atoms with E-state index in [1.807, 2.05) is 43.3 Å². The largest absolute Gasteiger partial charge is 0.364 e. The van der Waals surface area contributed by atoms with Crippen LogP contribution in [-0.4, -0.2) is 26.7 Å². The Hall–Kier alpha value is -3.68. The maximum atomic E-state index is 11.5. The van der Waals surface area contributed by atoms with Crippen LogP contribution in [0.25, 0.3) is 16.8 Å². The summed E-state index contributed by atoms with van der Waals surface area (Å²) in [6, 6.07) is 10.6. The first kappa shape index (κ1) is 16.2. The molecule has 0 saturated heterocycles. The van der Waals surface area contributed by atoms with Gasteiger partial charge in [-0.05, 0) is 42.3 Å². The zero-order valence-electron chi connectivity index (χ0n) is 13.4. The van der Waals surface area contributed by atoms with Crippen molar-refractivity contribution in [1.29, 1.82) is 0 Å². The minimum Gasteiger partial charge on any atom is -0.364 e. The topological polar surface area (TPSA) is 129 Å². The molecule has 2 aromatic heterocycles. The van der Waals surface area contributed by atoms with E-state index >= 15 is 0 Å². The molecule has 0 fully saturated rings. The average Bonchev–Trinajstić information content (AvgIpc) is 2.98. The molecule has 0 aliphatic carbocycles. The smallest absolute Gasteiger partial charge is 0.316 e. The number of carbonyl (C=O) groups excluding carboxylic acids is 2. The molecule has 0 saturated carbocycles. The van der Waals surface area contributed by atoms with Crippen molar-refractivity contribution < 1.29 is 9.59 Å². The maximum absolute atomic E-state index is 11.5. The SMILES string of the molecule is Cc1cc(-c2cccc(-n3cc(NC(N)=O)c(C(N)=O)n3)c2)ccn1. The zero-order valence-corrected chi connectivity index (χ0v) is 13.4. The lowest BCUT2D eigenvalue weighted by atomic mass is 10.1. The van der Waals surface area contributed by atoms with E-state index in [0.717, 1.165) is 16.8 Å². The van der Waals surface area contributed by atoms with Crippen LogP contribution in [0.5, 0.6) is 0 Å². The van der Waals surface area contributed by atoms with Gasteiger partial charge in [0.2, 0.25) is 0 Å². The Morgan fingerprint density at radius 3 is 2.56 bits per heavy atom. The molecule has 8 heteroatoms. The third-order valence-corrected chi connectivity index (χ3v) is 3.55. The summed E-state index contributed by atoms with van der Waals surface area (Å²) in [7, 11) is 0. The van der Waals surface area contributed by atoms with Crippen molar-refractivity contribution in [2.45, 2.75) is 6.92 Å². The molecule has 3 aromatic rings. The maximum Gasteiger partial charge on any atom is 0.316 e. The first-order chi connectivity index (χ1) is 11.9. The first-order valence-electron chi connectivity index (χ1n) is 7.43. The number of nitrogens with one attached hydrogen (secondary N) is 1. The van der Waals surface area contributed by atoms with E-state index in [2.05, 4.69) is 15.4 Å². The van der Waals surface area contributed by atoms with Crippen LogP contribution in [-0.2, 0) is 0 Å². The van der Waals surface area contributed by atoms with Gasteiger partial charge in [0.1, 0.15) is 0 Å². The van der Waals surface area contributed by atoms with Gasteiger partial charge in [0.25, 0.3) is 5.91 Å². The number of anilines is 1. The van der Waals surface area contributed by atoms with Gasteiger partial charge < -0.3 is 16.8 Å². The number of aryl methyl sites for hydroxylation is 1. The Morgan fingerprint density at radius 2 is 1.88 bits per heavy atom. The van der Waals surface area contributed by atoms with Gasteiger partial charge in [0.05, 0.1) is 17.6 Å². The van der Waals surface area contributed by atoms with Gasteiger partial charge in [-0.2, -0.15) is 5.10 Å². The fourth-order valence-corrected chi connectivity index (χ4v) is 2.47. The van der Waals surface area contributed by atoms with Crippen LogP contribution in [0.15, 0.2) is 48.8 Å². The summed E-state index contributed by atoms with van der Waals surface area (Å²) in [5.74, 6) is -0.761. The number of benzene rings is 1. The highest BCUT2D eigenvalue weighted by molar-refractivity contribution is 6.00. The van der Waals surface area contributed by atoms with Gasteiger partial charge in [-0.25, -0.2) is 9.48 Å². The summed E-state index contributed by atoms with van der Waals surface area (Å²) in [5, 5.41) is 6.49. The number of hydrogen-bond acceptors (Lipinski definition) is 4. The van der Waals surface area contributed by atoms with Crippen molar-refractivity contribution in [2.24, 2.45) is 11.5 Å². The van der Waals surface area contributed by atoms with Crippen LogP contribution >= 0.6 is 0 Å². The Bertz CT molecular complexity index is 963. The van der Waals surface area contributed by atoms with Gasteiger partial charge in [0, 0.05) is 11.9 Å². The number of nitrogens with two attached hydrogens (primary N) is 2. The summed E-state index contributed by atoms with van der Waals surface area (Å²) in [4.78, 5) is 26.8. The molecule has 8 nitrogen and oxygen atoms in total. The van der Waals surface area contributed by atoms with Crippen molar-refractivity contribution in [3.63, 3.8) is 0 Å². The Morgan fingerprint density at radius 1 is 1.12 bits per heavy atom. The van der Waals surface area contributed by atoms with E-state index in [1.165, 1.54) is 10.9 Å². The molecular weight excluding hydrogens is 320 g/mol. The van der Waals surface area contributed by atoms with Crippen molar-refractivity contribution in [2.75, 3.05) is 5.32 Å². The minimum absolute atomic E-state index is 0.0658. The van der Waals surface area contributed by atoms with Crippen LogP contribution < -0.4 is 16.8 Å². The number of urea groups is 1. The Balaban J connectivity index is 2.04. The van der Waals surface area contributed by atoms with E-state index < -0.39 is 11.9 Å². The highest BCUT2D eigenvalue weighted by Crippen LogP contribution is 2.23. The summed E-state index contributed by atoms with van der Waals surface area (Å²) >= 11 is 0. The molecular formula is C17H16N6O2. The molecule has 0 bridgehead atoms. The molecule has 126 valence electrons. The van der Waals surface area contributed by atoms with E-state index in [4.69, 9.17) is 11.5 Å². The monoisotopic (exact) mass is 336 g/mol. The number of pyridine rings is 1. The second-order valence-electron chi connectivity index (χ2n) is 5.43. The lowest BCUT2D eigenvalue weighted by molar-refractivity contribution is 0.0996. The molecule has 2 heterocycles. The number of rotatable bonds is 4. The van der Waals surface area contributed by atoms with Crippen molar-refractivity contribution in [1.82, 2.24) is 14.8 Å². The number of nitrogens with zero attached hydrogens (tertiary/aromatic N) is 3. The van der Waals surface area contributed by atoms with E-state index in [-0.39, 0.29) is 11.4 Å². The molecule has 3 rings (SSSR count). The molecule has 0 aliphatic rings. The van der Waals surface area contributed by atoms with Crippen LogP contribution in [0.2, 0.25) is 0 Å². The predicted molar refractivity (Wildman–Crippen MR) is 93.3 cm³/mol. The molecule has 0 unspecified atom stereocenters. The molecule has 5 N–H and O–H groups in total. The summed E-state index contributed by atoms with van der Waals surface area (Å²) < 4.78 is 1.46. The second kappa shape index (κ2) is 6.44. The van der Waals surface area contributed by atoms with Crippen LogP contribution in [0.1, 0.15) is 16.2 Å². The molecule has 3 amide bonds. The summed E-state index contributed by atoms with van der Waals surface area (Å²) in [6.07, 6.45) is 3.23. The number of carbonyl (C=O) groups is 2. The molecule has 0 spiro atoms. The van der Waals surface area contributed by atoms with E-state index in [1.54, 1.807) is 6.20 Å². The highest BCUT2D eigenvalue weighted by Gasteiger charge is 2.16. The number of hydrogen-bond donors (Lipinski definition) is 3. The van der Waals surface area contributed by atoms with E-state index in [9.17, 15) is 9.59 Å². The predicted octanol–water partition coefficient (Wildman–Crippen LogP) is 1.83. The van der Waals surface area contributed by atoms with Crippen molar-refractivity contribution >= 4 is 17.6 Å². The molecule has 0 atom stereocenters. The van der Waals surface area contributed by atoms with Gasteiger partial charge in [0.15, 0.2) is 5.69 Å². The third-order valence-electron chi connectivity index (χ3n) is 3.55. The Kier molecular flexibility index (Phi) is 4.17. The first-order valence-corrected chi connectivity index (χ1v) is 7.43. The van der Waals surface area contributed by atoms with Gasteiger partial charge in [-0.1, -0.05) is 12.1 Å². The standard InChI is InChI=1S/C17H16N6O2/c1-10-7-12(5-6-20-10)11-3-2-4-13(8-11)23-9-14(21-17(19)25)15(22-23)16(18)24/h2-9H,1H3,(H2,18,24)(H3,19,21,25). The van der Waals surface area contributed by atoms with Gasteiger partial charge in [-0.3, -0.25) is 9.78 Å². The fraction of sp³-hybridized carbons (Fsp3) is 0.0588. The number of primary amides is 2. The van der Waals surface area contributed by atoms with Gasteiger partial charge >= 0.3 is 6.03 Å². The summed E-state index contributed by atoms with van der Waals surface area (Å²) in [5.41, 5.74) is 14.1. The van der Waals surface area contributed by atoms with Crippen molar-refractivity contribution in [3.05, 3.63) is 60.2 Å². The normalized spacial score (nSPS) is 10.4. The quantitative estimate of drug-likeness (QED) is 0.671. The lowest BCUT2D eigenvalue weighted by Gasteiger charge is -2.06. The molecule has 25 heavy (non-hydrogen) atoms. The number of amides is 3. The van der Waals surface area contributed by atoms with Gasteiger partial charge in [-0.15, -0.1) is 0 Å². The molecule has 0 radical (unpaired) electrons. The fourth-order valence-electron chi connectivity index (χ4n) is 2.47. The second-order valence-corrected chi connectivity index (χ2v) is 5.43. The Labute approximate surface area is 143 Å². The van der Waals surface area contributed by atoms with Crippen LogP contribution in [0.4, 0.5) is 10.5 Å². The zero-order chi connectivity index (χ0) is 18.0. The van der Waals surface area contributed by atoms with E-state index in [0.29, 0.717) is 5.69 Å². The molecule has 0 aliphatic heterocycles. The van der Waals surface area contributed by atoms with Crippen LogP contribution in [0.3, 0.4) is 0 Å². The van der Waals surface area contributed by atoms with Crippen molar-refractivity contribution in [3.8, 4) is 16.8 Å². The number of aromatic nitrogens is 3. The summed E-state index contributed by atoms with van der Waals surface area (Å²) in [6.45, 7) is 1.92. The minimum atomic E-state index is -0.803. The van der Waals surface area contributed by atoms with Crippen LogP contribution in [0, 0.1) is 6.92 Å². The highest BCUT2D eigenvalue weighted by atomic mass is 16.2.